The van der Waals surface area contributed by atoms with Crippen LogP contribution in [0.2, 0.25) is 0 Å². The molecule has 2 aromatic rings. The van der Waals surface area contributed by atoms with E-state index >= 15 is 0 Å². The molecule has 1 amide bonds. The Hall–Kier alpha value is -2.30. The zero-order chi connectivity index (χ0) is 17.1. The molecule has 3 rings (SSSR count). The van der Waals surface area contributed by atoms with Crippen molar-refractivity contribution in [2.45, 2.75) is 31.7 Å². The molecule has 128 valence electrons. The van der Waals surface area contributed by atoms with Crippen LogP contribution in [-0.2, 0) is 18.3 Å². The quantitative estimate of drug-likeness (QED) is 0.841. The van der Waals surface area contributed by atoms with Crippen LogP contribution in [0.25, 0.3) is 0 Å². The van der Waals surface area contributed by atoms with Gasteiger partial charge in [-0.1, -0.05) is 12.1 Å². The topological polar surface area (TPSA) is 34.5 Å². The first kappa shape index (κ1) is 16.6. The largest absolute Gasteiger partial charge is 0.494 e. The second kappa shape index (κ2) is 7.07. The fourth-order valence-corrected chi connectivity index (χ4v) is 3.49. The van der Waals surface area contributed by atoms with Gasteiger partial charge < -0.3 is 14.2 Å². The highest BCUT2D eigenvalue weighted by atomic mass is 19.1. The van der Waals surface area contributed by atoms with Gasteiger partial charge in [0.2, 0.25) is 5.91 Å². The van der Waals surface area contributed by atoms with Gasteiger partial charge in [-0.2, -0.15) is 0 Å². The maximum atomic E-state index is 14.2. The molecule has 0 saturated carbocycles. The van der Waals surface area contributed by atoms with Crippen molar-refractivity contribution in [3.05, 3.63) is 53.6 Å². The van der Waals surface area contributed by atoms with Crippen LogP contribution in [0.4, 0.5) is 4.39 Å². The lowest BCUT2D eigenvalue weighted by atomic mass is 10.1. The van der Waals surface area contributed by atoms with Crippen LogP contribution in [0.5, 0.6) is 5.75 Å². The lowest BCUT2D eigenvalue weighted by molar-refractivity contribution is -0.132. The molecule has 1 saturated heterocycles. The van der Waals surface area contributed by atoms with Gasteiger partial charge in [0.15, 0.2) is 11.6 Å². The SMILES string of the molecule is COc1cccc(CCC(=O)N2CCC[C@@H]2c2cccn2C)c1F. The molecular formula is C19H23FN2O2. The number of ether oxygens (including phenoxy) is 1. The van der Waals surface area contributed by atoms with Gasteiger partial charge in [0.05, 0.1) is 13.2 Å². The standard InChI is InChI=1S/C19H23FN2O2/c1-21-12-4-7-15(21)16-8-5-13-22(16)18(23)11-10-14-6-3-9-17(24-2)19(14)20/h3-4,6-7,9,12,16H,5,8,10-11,13H2,1-2H3/t16-/m1/s1. The summed E-state index contributed by atoms with van der Waals surface area (Å²) >= 11 is 0. The zero-order valence-electron chi connectivity index (χ0n) is 14.2. The normalized spacial score (nSPS) is 17.3. The molecule has 4 nitrogen and oxygen atoms in total. The average molecular weight is 330 g/mol. The molecule has 2 heterocycles. The summed E-state index contributed by atoms with van der Waals surface area (Å²) in [5.74, 6) is -0.0584. The number of rotatable bonds is 5. The van der Waals surface area contributed by atoms with E-state index in [0.717, 1.165) is 25.1 Å². The molecule has 1 aliphatic heterocycles. The number of likely N-dealkylation sites (tertiary alicyclic amines) is 1. The van der Waals surface area contributed by atoms with E-state index < -0.39 is 0 Å². The fourth-order valence-electron chi connectivity index (χ4n) is 3.49. The minimum Gasteiger partial charge on any atom is -0.494 e. The minimum absolute atomic E-state index is 0.0842. The molecular weight excluding hydrogens is 307 g/mol. The molecule has 0 spiro atoms. The first-order valence-electron chi connectivity index (χ1n) is 8.34. The number of carbonyl (C=O) groups excluding carboxylic acids is 1. The van der Waals surface area contributed by atoms with E-state index in [1.54, 1.807) is 18.2 Å². The van der Waals surface area contributed by atoms with Crippen molar-refractivity contribution in [2.24, 2.45) is 7.05 Å². The van der Waals surface area contributed by atoms with Crippen molar-refractivity contribution in [2.75, 3.05) is 13.7 Å². The average Bonchev–Trinajstić information content (AvgIpc) is 3.22. The third-order valence-electron chi connectivity index (χ3n) is 4.77. The summed E-state index contributed by atoms with van der Waals surface area (Å²) in [6.07, 6.45) is 4.69. The number of hydrogen-bond donors (Lipinski definition) is 0. The van der Waals surface area contributed by atoms with Gasteiger partial charge in [-0.25, -0.2) is 4.39 Å². The van der Waals surface area contributed by atoms with E-state index in [2.05, 4.69) is 10.6 Å². The monoisotopic (exact) mass is 330 g/mol. The van der Waals surface area contributed by atoms with Gasteiger partial charge in [0, 0.05) is 31.9 Å². The Balaban J connectivity index is 1.68. The van der Waals surface area contributed by atoms with Gasteiger partial charge in [0.1, 0.15) is 0 Å². The Morgan fingerprint density at radius 2 is 2.17 bits per heavy atom. The van der Waals surface area contributed by atoms with Crippen LogP contribution in [0.3, 0.4) is 0 Å². The number of halogens is 1. The number of carbonyl (C=O) groups is 1. The van der Waals surface area contributed by atoms with Crippen molar-refractivity contribution < 1.29 is 13.9 Å². The Labute approximate surface area is 141 Å². The summed E-state index contributed by atoms with van der Waals surface area (Å²) in [7, 11) is 3.45. The third kappa shape index (κ3) is 3.16. The molecule has 0 unspecified atom stereocenters. The molecule has 0 radical (unpaired) electrons. The van der Waals surface area contributed by atoms with Crippen LogP contribution in [-0.4, -0.2) is 29.0 Å². The lowest BCUT2D eigenvalue weighted by Crippen LogP contribution is -2.31. The minimum atomic E-state index is -0.367. The molecule has 0 bridgehead atoms. The van der Waals surface area contributed by atoms with Gasteiger partial charge in [-0.15, -0.1) is 0 Å². The summed E-state index contributed by atoms with van der Waals surface area (Å²) in [5.41, 5.74) is 1.69. The summed E-state index contributed by atoms with van der Waals surface area (Å²) in [6.45, 7) is 0.773. The Bertz CT molecular complexity index is 726. The van der Waals surface area contributed by atoms with Crippen molar-refractivity contribution >= 4 is 5.91 Å². The summed E-state index contributed by atoms with van der Waals surface area (Å²) in [6, 6.07) is 9.26. The Kier molecular flexibility index (Phi) is 4.88. The lowest BCUT2D eigenvalue weighted by Gasteiger charge is -2.25. The van der Waals surface area contributed by atoms with E-state index in [9.17, 15) is 9.18 Å². The number of aryl methyl sites for hydroxylation is 2. The van der Waals surface area contributed by atoms with Crippen molar-refractivity contribution in [1.29, 1.82) is 0 Å². The van der Waals surface area contributed by atoms with E-state index in [-0.39, 0.29) is 23.5 Å². The van der Waals surface area contributed by atoms with Gasteiger partial charge in [-0.3, -0.25) is 4.79 Å². The van der Waals surface area contributed by atoms with Crippen LogP contribution >= 0.6 is 0 Å². The van der Waals surface area contributed by atoms with Gasteiger partial charge in [0.25, 0.3) is 0 Å². The molecule has 0 aliphatic carbocycles. The first-order chi connectivity index (χ1) is 11.6. The highest BCUT2D eigenvalue weighted by molar-refractivity contribution is 5.77. The Morgan fingerprint density at radius 3 is 2.88 bits per heavy atom. The van der Waals surface area contributed by atoms with Crippen molar-refractivity contribution in [3.8, 4) is 5.75 Å². The number of benzene rings is 1. The Morgan fingerprint density at radius 1 is 1.33 bits per heavy atom. The first-order valence-corrected chi connectivity index (χ1v) is 8.34. The number of hydrogen-bond acceptors (Lipinski definition) is 2. The summed E-state index contributed by atoms with van der Waals surface area (Å²) in [4.78, 5) is 14.6. The second-order valence-corrected chi connectivity index (χ2v) is 6.22. The number of aromatic nitrogens is 1. The van der Waals surface area contributed by atoms with Gasteiger partial charge >= 0.3 is 0 Å². The highest BCUT2D eigenvalue weighted by Crippen LogP contribution is 2.32. The number of amides is 1. The maximum absolute atomic E-state index is 14.2. The molecule has 0 N–H and O–H groups in total. The second-order valence-electron chi connectivity index (χ2n) is 6.22. The highest BCUT2D eigenvalue weighted by Gasteiger charge is 2.31. The van der Waals surface area contributed by atoms with Crippen LogP contribution in [0.15, 0.2) is 36.5 Å². The molecule has 1 atom stereocenters. The van der Waals surface area contributed by atoms with Crippen LogP contribution < -0.4 is 4.74 Å². The smallest absolute Gasteiger partial charge is 0.223 e. The molecule has 24 heavy (non-hydrogen) atoms. The summed E-state index contributed by atoms with van der Waals surface area (Å²) < 4.78 is 21.3. The van der Waals surface area contributed by atoms with Gasteiger partial charge in [-0.05, 0) is 43.0 Å². The van der Waals surface area contributed by atoms with Crippen LogP contribution in [0.1, 0.15) is 36.6 Å². The number of nitrogens with zero attached hydrogens (tertiary/aromatic N) is 2. The summed E-state index contributed by atoms with van der Waals surface area (Å²) in [5, 5.41) is 0. The number of methoxy groups -OCH3 is 1. The van der Waals surface area contributed by atoms with E-state index in [1.165, 1.54) is 7.11 Å². The zero-order valence-corrected chi connectivity index (χ0v) is 14.2. The predicted molar refractivity (Wildman–Crippen MR) is 90.4 cm³/mol. The van der Waals surface area contributed by atoms with E-state index in [0.29, 0.717) is 18.4 Å². The third-order valence-corrected chi connectivity index (χ3v) is 4.77. The predicted octanol–water partition coefficient (Wildman–Crippen LogP) is 3.47. The van der Waals surface area contributed by atoms with E-state index in [1.807, 2.05) is 24.2 Å². The van der Waals surface area contributed by atoms with Crippen LogP contribution in [0, 0.1) is 5.82 Å². The molecule has 1 aromatic carbocycles. The van der Waals surface area contributed by atoms with Crippen molar-refractivity contribution in [1.82, 2.24) is 9.47 Å². The maximum Gasteiger partial charge on any atom is 0.223 e. The molecule has 1 fully saturated rings. The molecule has 1 aromatic heterocycles. The van der Waals surface area contributed by atoms with Crippen molar-refractivity contribution in [3.63, 3.8) is 0 Å². The van der Waals surface area contributed by atoms with E-state index in [4.69, 9.17) is 4.74 Å². The fraction of sp³-hybridized carbons (Fsp3) is 0.421. The molecule has 5 heteroatoms. The molecule has 1 aliphatic rings.